The van der Waals surface area contributed by atoms with E-state index in [1.807, 2.05) is 6.07 Å². The largest absolute Gasteiger partial charge is 0.351 e. The summed E-state index contributed by atoms with van der Waals surface area (Å²) < 4.78 is 0. The predicted molar refractivity (Wildman–Crippen MR) is 88.0 cm³/mol. The molecule has 118 valence electrons. The third-order valence-electron chi connectivity index (χ3n) is 3.71. The lowest BCUT2D eigenvalue weighted by Gasteiger charge is -2.23. The van der Waals surface area contributed by atoms with Gasteiger partial charge in [-0.2, -0.15) is 0 Å². The number of amides is 1. The van der Waals surface area contributed by atoms with Gasteiger partial charge in [0, 0.05) is 30.4 Å². The maximum Gasteiger partial charge on any atom is 0.251 e. The van der Waals surface area contributed by atoms with Crippen LogP contribution in [0.15, 0.2) is 12.1 Å². The van der Waals surface area contributed by atoms with Crippen molar-refractivity contribution in [3.63, 3.8) is 0 Å². The third kappa shape index (κ3) is 6.02. The molecule has 1 amide bonds. The zero-order valence-corrected chi connectivity index (χ0v) is 14.2. The van der Waals surface area contributed by atoms with Crippen LogP contribution in [0.25, 0.3) is 0 Å². The molecule has 5 heteroatoms. The van der Waals surface area contributed by atoms with Crippen molar-refractivity contribution in [1.29, 1.82) is 0 Å². The Kier molecular flexibility index (Phi) is 7.68. The number of likely N-dealkylation sites (N-methyl/N-ethyl adjacent to an activating group) is 1. The van der Waals surface area contributed by atoms with Crippen molar-refractivity contribution in [2.45, 2.75) is 46.1 Å². The molecule has 0 saturated heterocycles. The summed E-state index contributed by atoms with van der Waals surface area (Å²) in [4.78, 5) is 18.6. The average molecular weight is 312 g/mol. The second-order valence-corrected chi connectivity index (χ2v) is 5.80. The maximum absolute atomic E-state index is 12.2. The fourth-order valence-corrected chi connectivity index (χ4v) is 2.27. The minimum absolute atomic E-state index is 0.0887. The first-order valence-electron chi connectivity index (χ1n) is 7.62. The van der Waals surface area contributed by atoms with Gasteiger partial charge in [-0.3, -0.25) is 4.79 Å². The van der Waals surface area contributed by atoms with Crippen molar-refractivity contribution in [3.05, 3.63) is 28.5 Å². The molecule has 0 aliphatic heterocycles. The summed E-state index contributed by atoms with van der Waals surface area (Å²) in [5.41, 5.74) is 1.46. The monoisotopic (exact) mass is 311 g/mol. The Bertz CT molecular complexity index is 465. The molecule has 1 rings (SSSR count). The predicted octanol–water partition coefficient (Wildman–Crippen LogP) is 3.15. The van der Waals surface area contributed by atoms with E-state index >= 15 is 0 Å². The van der Waals surface area contributed by atoms with E-state index in [0.717, 1.165) is 31.5 Å². The Balaban J connectivity index is 2.55. The van der Waals surface area contributed by atoms with E-state index in [4.69, 9.17) is 11.6 Å². The van der Waals surface area contributed by atoms with Crippen LogP contribution < -0.4 is 5.32 Å². The molecule has 0 fully saturated rings. The topological polar surface area (TPSA) is 45.2 Å². The lowest BCUT2D eigenvalue weighted by molar-refractivity contribution is 0.0947. The fraction of sp³-hybridized carbons (Fsp3) is 0.625. The quantitative estimate of drug-likeness (QED) is 0.750. The molecule has 0 aliphatic rings. The standard InChI is InChI=1S/C16H26ClN3O/c1-5-7-14-10-13(11-15(17)19-14)16(21)18-8-9-20(4)12(3)6-2/h10-12H,5-9H2,1-4H3,(H,18,21). The summed E-state index contributed by atoms with van der Waals surface area (Å²) in [5.74, 6) is -0.0887. The zero-order chi connectivity index (χ0) is 15.8. The molecule has 1 atom stereocenters. The number of hydrogen-bond acceptors (Lipinski definition) is 3. The average Bonchev–Trinajstić information content (AvgIpc) is 2.45. The van der Waals surface area contributed by atoms with Crippen molar-refractivity contribution < 1.29 is 4.79 Å². The van der Waals surface area contributed by atoms with Crippen molar-refractivity contribution >= 4 is 17.5 Å². The highest BCUT2D eigenvalue weighted by atomic mass is 35.5. The number of aromatic nitrogens is 1. The molecule has 0 radical (unpaired) electrons. The molecule has 1 N–H and O–H groups in total. The van der Waals surface area contributed by atoms with Gasteiger partial charge in [-0.15, -0.1) is 0 Å². The molecular formula is C16H26ClN3O. The highest BCUT2D eigenvalue weighted by Crippen LogP contribution is 2.12. The van der Waals surface area contributed by atoms with E-state index in [2.05, 4.69) is 43.0 Å². The first kappa shape index (κ1) is 17.9. The van der Waals surface area contributed by atoms with E-state index < -0.39 is 0 Å². The van der Waals surface area contributed by atoms with Crippen LogP contribution in [-0.2, 0) is 6.42 Å². The number of aryl methyl sites for hydroxylation is 1. The Morgan fingerprint density at radius 1 is 1.43 bits per heavy atom. The van der Waals surface area contributed by atoms with Gasteiger partial charge in [0.25, 0.3) is 5.91 Å². The van der Waals surface area contributed by atoms with Gasteiger partial charge in [0.1, 0.15) is 5.15 Å². The van der Waals surface area contributed by atoms with E-state index in [-0.39, 0.29) is 5.91 Å². The molecule has 1 aromatic heterocycles. The SMILES string of the molecule is CCCc1cc(C(=O)NCCN(C)C(C)CC)cc(Cl)n1. The number of carbonyl (C=O) groups excluding carboxylic acids is 1. The van der Waals surface area contributed by atoms with Crippen molar-refractivity contribution in [1.82, 2.24) is 15.2 Å². The van der Waals surface area contributed by atoms with Crippen LogP contribution in [0.5, 0.6) is 0 Å². The van der Waals surface area contributed by atoms with Gasteiger partial charge in [0.05, 0.1) is 0 Å². The van der Waals surface area contributed by atoms with Gasteiger partial charge in [-0.05, 0) is 38.9 Å². The van der Waals surface area contributed by atoms with Gasteiger partial charge >= 0.3 is 0 Å². The summed E-state index contributed by atoms with van der Waals surface area (Å²) >= 11 is 5.98. The van der Waals surface area contributed by atoms with E-state index in [1.165, 1.54) is 0 Å². The van der Waals surface area contributed by atoms with Gasteiger partial charge < -0.3 is 10.2 Å². The van der Waals surface area contributed by atoms with Crippen LogP contribution in [-0.4, -0.2) is 42.0 Å². The third-order valence-corrected chi connectivity index (χ3v) is 3.90. The van der Waals surface area contributed by atoms with Crippen molar-refractivity contribution in [2.24, 2.45) is 0 Å². The lowest BCUT2D eigenvalue weighted by Crippen LogP contribution is -2.37. The summed E-state index contributed by atoms with van der Waals surface area (Å²) in [7, 11) is 2.07. The molecular weight excluding hydrogens is 286 g/mol. The molecule has 0 spiro atoms. The highest BCUT2D eigenvalue weighted by molar-refractivity contribution is 6.29. The summed E-state index contributed by atoms with van der Waals surface area (Å²) in [6.07, 6.45) is 2.91. The highest BCUT2D eigenvalue weighted by Gasteiger charge is 2.10. The Morgan fingerprint density at radius 2 is 2.14 bits per heavy atom. The lowest BCUT2D eigenvalue weighted by atomic mass is 10.1. The van der Waals surface area contributed by atoms with Crippen LogP contribution in [0.4, 0.5) is 0 Å². The summed E-state index contributed by atoms with van der Waals surface area (Å²) in [6.45, 7) is 7.88. The Labute approximate surface area is 132 Å². The first-order chi connectivity index (χ1) is 9.97. The van der Waals surface area contributed by atoms with E-state index in [9.17, 15) is 4.79 Å². The minimum atomic E-state index is -0.0887. The number of nitrogens with one attached hydrogen (secondary N) is 1. The molecule has 0 aromatic carbocycles. The zero-order valence-electron chi connectivity index (χ0n) is 13.4. The van der Waals surface area contributed by atoms with Crippen LogP contribution in [0.3, 0.4) is 0 Å². The molecule has 4 nitrogen and oxygen atoms in total. The normalized spacial score (nSPS) is 12.5. The number of pyridine rings is 1. The number of hydrogen-bond donors (Lipinski definition) is 1. The molecule has 1 aromatic rings. The van der Waals surface area contributed by atoms with Crippen LogP contribution in [0, 0.1) is 0 Å². The van der Waals surface area contributed by atoms with Crippen molar-refractivity contribution in [2.75, 3.05) is 20.1 Å². The van der Waals surface area contributed by atoms with Gasteiger partial charge in [0.15, 0.2) is 0 Å². The van der Waals surface area contributed by atoms with Crippen LogP contribution >= 0.6 is 11.6 Å². The molecule has 0 aliphatic carbocycles. The van der Waals surface area contributed by atoms with E-state index in [0.29, 0.717) is 23.3 Å². The number of rotatable bonds is 8. The first-order valence-corrected chi connectivity index (χ1v) is 8.00. The maximum atomic E-state index is 12.2. The molecule has 1 unspecified atom stereocenters. The Morgan fingerprint density at radius 3 is 2.76 bits per heavy atom. The second kappa shape index (κ2) is 9.00. The smallest absolute Gasteiger partial charge is 0.251 e. The second-order valence-electron chi connectivity index (χ2n) is 5.41. The molecule has 0 bridgehead atoms. The summed E-state index contributed by atoms with van der Waals surface area (Å²) in [6, 6.07) is 3.96. The molecule has 1 heterocycles. The number of nitrogens with zero attached hydrogens (tertiary/aromatic N) is 2. The van der Waals surface area contributed by atoms with Gasteiger partial charge in [-0.1, -0.05) is 31.9 Å². The Hall–Kier alpha value is -1.13. The van der Waals surface area contributed by atoms with Crippen molar-refractivity contribution in [3.8, 4) is 0 Å². The van der Waals surface area contributed by atoms with Gasteiger partial charge in [0.2, 0.25) is 0 Å². The van der Waals surface area contributed by atoms with Crippen LogP contribution in [0.1, 0.15) is 49.7 Å². The fourth-order valence-electron chi connectivity index (χ4n) is 2.05. The summed E-state index contributed by atoms with van der Waals surface area (Å²) in [5, 5.41) is 3.32. The van der Waals surface area contributed by atoms with Gasteiger partial charge in [-0.25, -0.2) is 4.98 Å². The van der Waals surface area contributed by atoms with Crippen LogP contribution in [0.2, 0.25) is 5.15 Å². The number of carbonyl (C=O) groups is 1. The number of halogens is 1. The molecule has 21 heavy (non-hydrogen) atoms. The minimum Gasteiger partial charge on any atom is -0.351 e. The van der Waals surface area contributed by atoms with E-state index in [1.54, 1.807) is 6.07 Å². The molecule has 0 saturated carbocycles.